The van der Waals surface area contributed by atoms with E-state index < -0.39 is 27.3 Å². The quantitative estimate of drug-likeness (QED) is 0.705. The van der Waals surface area contributed by atoms with Crippen LogP contribution in [0.3, 0.4) is 0 Å². The minimum atomic E-state index is -3.86. The topological polar surface area (TPSA) is 127 Å². The SMILES string of the molecule is Cc1cc(S(=O)(=O)NCC(C)(C)C(N)=O)sc1C(=O)O. The molecule has 0 atom stereocenters. The number of carboxylic acid groups (broad SMARTS) is 1. The fourth-order valence-electron chi connectivity index (χ4n) is 1.23. The summed E-state index contributed by atoms with van der Waals surface area (Å²) in [5.41, 5.74) is 4.50. The Bertz CT molecular complexity index is 646. The first-order chi connectivity index (χ1) is 8.97. The maximum atomic E-state index is 12.0. The van der Waals surface area contributed by atoms with Crippen molar-refractivity contribution in [2.75, 3.05) is 6.54 Å². The minimum Gasteiger partial charge on any atom is -0.477 e. The molecule has 1 aromatic heterocycles. The molecule has 0 bridgehead atoms. The van der Waals surface area contributed by atoms with Crippen LogP contribution in [0.4, 0.5) is 0 Å². The predicted molar refractivity (Wildman–Crippen MR) is 74.2 cm³/mol. The highest BCUT2D eigenvalue weighted by molar-refractivity contribution is 7.91. The third-order valence-electron chi connectivity index (χ3n) is 2.73. The smallest absolute Gasteiger partial charge is 0.346 e. The molecule has 0 radical (unpaired) electrons. The van der Waals surface area contributed by atoms with Gasteiger partial charge in [-0.2, -0.15) is 0 Å². The first kappa shape index (κ1) is 16.6. The van der Waals surface area contributed by atoms with E-state index in [1.807, 2.05) is 0 Å². The van der Waals surface area contributed by atoms with Crippen molar-refractivity contribution >= 4 is 33.2 Å². The van der Waals surface area contributed by atoms with E-state index in [1.54, 1.807) is 0 Å². The van der Waals surface area contributed by atoms with Crippen LogP contribution >= 0.6 is 11.3 Å². The summed E-state index contributed by atoms with van der Waals surface area (Å²) >= 11 is 0.667. The number of carbonyl (C=O) groups excluding carboxylic acids is 1. The number of sulfonamides is 1. The van der Waals surface area contributed by atoms with Crippen LogP contribution in [-0.2, 0) is 14.8 Å². The first-order valence-electron chi connectivity index (χ1n) is 5.60. The Morgan fingerprint density at radius 2 is 2.00 bits per heavy atom. The van der Waals surface area contributed by atoms with Crippen molar-refractivity contribution in [2.24, 2.45) is 11.1 Å². The summed E-state index contributed by atoms with van der Waals surface area (Å²) in [7, 11) is -3.86. The van der Waals surface area contributed by atoms with E-state index in [0.717, 1.165) is 0 Å². The Kier molecular flexibility index (Phi) is 4.57. The second kappa shape index (κ2) is 5.51. The third-order valence-corrected chi connectivity index (χ3v) is 5.83. The Balaban J connectivity index is 2.98. The van der Waals surface area contributed by atoms with Gasteiger partial charge in [0.1, 0.15) is 9.09 Å². The number of carboxylic acids is 1. The lowest BCUT2D eigenvalue weighted by Crippen LogP contribution is -2.42. The van der Waals surface area contributed by atoms with Crippen molar-refractivity contribution in [1.29, 1.82) is 0 Å². The summed E-state index contributed by atoms with van der Waals surface area (Å²) in [6, 6.07) is 1.29. The molecule has 112 valence electrons. The molecule has 9 heteroatoms. The summed E-state index contributed by atoms with van der Waals surface area (Å²) in [6.45, 7) is 4.39. The van der Waals surface area contributed by atoms with Crippen LogP contribution in [0.25, 0.3) is 0 Å². The molecule has 0 unspecified atom stereocenters. The molecule has 0 aliphatic carbocycles. The highest BCUT2D eigenvalue weighted by atomic mass is 32.2. The van der Waals surface area contributed by atoms with Crippen LogP contribution < -0.4 is 10.5 Å². The van der Waals surface area contributed by atoms with E-state index in [2.05, 4.69) is 4.72 Å². The number of rotatable bonds is 6. The summed E-state index contributed by atoms with van der Waals surface area (Å²) in [5, 5.41) is 8.91. The molecule has 7 nitrogen and oxygen atoms in total. The van der Waals surface area contributed by atoms with E-state index in [0.29, 0.717) is 16.9 Å². The number of amides is 1. The lowest BCUT2D eigenvalue weighted by atomic mass is 9.93. The first-order valence-corrected chi connectivity index (χ1v) is 7.90. The number of thiophene rings is 1. The lowest BCUT2D eigenvalue weighted by molar-refractivity contribution is -0.125. The van der Waals surface area contributed by atoms with Crippen molar-refractivity contribution < 1.29 is 23.1 Å². The monoisotopic (exact) mass is 320 g/mol. The van der Waals surface area contributed by atoms with Gasteiger partial charge in [-0.15, -0.1) is 11.3 Å². The maximum Gasteiger partial charge on any atom is 0.346 e. The average molecular weight is 320 g/mol. The summed E-state index contributed by atoms with van der Waals surface area (Å²) in [4.78, 5) is 22.0. The summed E-state index contributed by atoms with van der Waals surface area (Å²) in [5.74, 6) is -1.81. The van der Waals surface area contributed by atoms with Crippen molar-refractivity contribution in [2.45, 2.75) is 25.0 Å². The zero-order valence-electron chi connectivity index (χ0n) is 11.3. The molecule has 4 N–H and O–H groups in total. The fourth-order valence-corrected chi connectivity index (χ4v) is 3.87. The van der Waals surface area contributed by atoms with Crippen LogP contribution in [-0.4, -0.2) is 31.9 Å². The molecule has 1 rings (SSSR count). The molecule has 0 aliphatic heterocycles. The van der Waals surface area contributed by atoms with Crippen molar-refractivity contribution in [3.63, 3.8) is 0 Å². The van der Waals surface area contributed by atoms with Gasteiger partial charge in [0.15, 0.2) is 0 Å². The van der Waals surface area contributed by atoms with Crippen LogP contribution in [0.2, 0.25) is 0 Å². The van der Waals surface area contributed by atoms with Crippen LogP contribution in [0.1, 0.15) is 29.1 Å². The van der Waals surface area contributed by atoms with Gasteiger partial charge >= 0.3 is 5.97 Å². The van der Waals surface area contributed by atoms with Gasteiger partial charge < -0.3 is 10.8 Å². The molecule has 0 saturated carbocycles. The van der Waals surface area contributed by atoms with E-state index in [-0.39, 0.29) is 15.6 Å². The molecule has 0 saturated heterocycles. The average Bonchev–Trinajstić information content (AvgIpc) is 2.70. The Labute approximate surface area is 120 Å². The number of aryl methyl sites for hydroxylation is 1. The Morgan fingerprint density at radius 3 is 2.40 bits per heavy atom. The summed E-state index contributed by atoms with van der Waals surface area (Å²) < 4.78 is 26.2. The summed E-state index contributed by atoms with van der Waals surface area (Å²) in [6.07, 6.45) is 0. The second-order valence-corrected chi connectivity index (χ2v) is 8.00. The van der Waals surface area contributed by atoms with Crippen LogP contribution in [0.15, 0.2) is 10.3 Å². The molecule has 1 amide bonds. The second-order valence-electron chi connectivity index (χ2n) is 4.96. The molecular weight excluding hydrogens is 304 g/mol. The number of hydrogen-bond acceptors (Lipinski definition) is 5. The van der Waals surface area contributed by atoms with Crippen LogP contribution in [0, 0.1) is 12.3 Å². The molecule has 0 fully saturated rings. The lowest BCUT2D eigenvalue weighted by Gasteiger charge is -2.20. The Hall–Kier alpha value is -1.45. The number of nitrogens with one attached hydrogen (secondary N) is 1. The van der Waals surface area contributed by atoms with Crippen molar-refractivity contribution in [1.82, 2.24) is 4.72 Å². The predicted octanol–water partition coefficient (Wildman–Crippen LogP) is 0.545. The van der Waals surface area contributed by atoms with Gasteiger partial charge in [-0.1, -0.05) is 0 Å². The van der Waals surface area contributed by atoms with Gasteiger partial charge in [-0.3, -0.25) is 4.79 Å². The number of primary amides is 1. The van der Waals surface area contributed by atoms with E-state index >= 15 is 0 Å². The molecular formula is C11H16N2O5S2. The van der Waals surface area contributed by atoms with E-state index in [9.17, 15) is 18.0 Å². The molecule has 0 spiro atoms. The third kappa shape index (κ3) is 3.56. The molecule has 20 heavy (non-hydrogen) atoms. The zero-order valence-corrected chi connectivity index (χ0v) is 12.9. The maximum absolute atomic E-state index is 12.0. The molecule has 0 aliphatic rings. The largest absolute Gasteiger partial charge is 0.477 e. The number of aromatic carboxylic acids is 1. The van der Waals surface area contributed by atoms with Gasteiger partial charge in [0, 0.05) is 6.54 Å². The highest BCUT2D eigenvalue weighted by Gasteiger charge is 2.29. The zero-order chi connectivity index (χ0) is 15.7. The fraction of sp³-hybridized carbons (Fsp3) is 0.455. The van der Waals surface area contributed by atoms with Gasteiger partial charge in [0.05, 0.1) is 5.41 Å². The number of carbonyl (C=O) groups is 2. The van der Waals surface area contributed by atoms with Crippen molar-refractivity contribution in [3.05, 3.63) is 16.5 Å². The number of nitrogens with two attached hydrogens (primary N) is 1. The van der Waals surface area contributed by atoms with Crippen molar-refractivity contribution in [3.8, 4) is 0 Å². The number of hydrogen-bond donors (Lipinski definition) is 3. The highest BCUT2D eigenvalue weighted by Crippen LogP contribution is 2.26. The molecule has 1 heterocycles. The normalized spacial score (nSPS) is 12.3. The molecule has 0 aromatic carbocycles. The van der Waals surface area contributed by atoms with E-state index in [1.165, 1.54) is 26.8 Å². The molecule has 1 aromatic rings. The standard InChI is InChI=1S/C11H16N2O5S2/c1-6-4-7(19-8(6)9(14)15)20(17,18)13-5-11(2,3)10(12)16/h4,13H,5H2,1-3H3,(H2,12,16)(H,14,15). The minimum absolute atomic E-state index is 0.0282. The van der Waals surface area contributed by atoms with Gasteiger partial charge in [0.25, 0.3) is 0 Å². The van der Waals surface area contributed by atoms with Gasteiger partial charge in [-0.25, -0.2) is 17.9 Å². The Morgan fingerprint density at radius 1 is 1.45 bits per heavy atom. The van der Waals surface area contributed by atoms with Gasteiger partial charge in [-0.05, 0) is 32.4 Å². The van der Waals surface area contributed by atoms with Crippen LogP contribution in [0.5, 0.6) is 0 Å². The van der Waals surface area contributed by atoms with Gasteiger partial charge in [0.2, 0.25) is 15.9 Å². The van der Waals surface area contributed by atoms with E-state index in [4.69, 9.17) is 10.8 Å².